The van der Waals surface area contributed by atoms with Crippen LogP contribution in [0.4, 0.5) is 0 Å². The van der Waals surface area contributed by atoms with Gasteiger partial charge in [-0.2, -0.15) is 0 Å². The number of hydrogen-bond donors (Lipinski definition) is 2. The van der Waals surface area contributed by atoms with Crippen LogP contribution in [0.3, 0.4) is 0 Å². The molecule has 0 fully saturated rings. The van der Waals surface area contributed by atoms with E-state index in [0.29, 0.717) is 6.42 Å². The molecule has 0 aromatic carbocycles. The van der Waals surface area contributed by atoms with Gasteiger partial charge < -0.3 is 19.7 Å². The SMILES string of the molecule is CN(C)CCc1cc(O)c(C(=O)O)n1C. The van der Waals surface area contributed by atoms with Crippen LogP contribution in [0, 0.1) is 0 Å². The predicted molar refractivity (Wildman–Crippen MR) is 56.3 cm³/mol. The van der Waals surface area contributed by atoms with Crippen molar-refractivity contribution in [1.82, 2.24) is 9.47 Å². The number of hydrogen-bond acceptors (Lipinski definition) is 3. The minimum atomic E-state index is -1.11. The van der Waals surface area contributed by atoms with E-state index in [9.17, 15) is 9.90 Å². The van der Waals surface area contributed by atoms with Crippen molar-refractivity contribution in [3.8, 4) is 5.75 Å². The molecule has 0 aliphatic heterocycles. The Hall–Kier alpha value is -1.49. The van der Waals surface area contributed by atoms with Crippen LogP contribution in [0.5, 0.6) is 5.75 Å². The monoisotopic (exact) mass is 212 g/mol. The fraction of sp³-hybridized carbons (Fsp3) is 0.500. The Balaban J connectivity index is 2.91. The highest BCUT2D eigenvalue weighted by atomic mass is 16.4. The van der Waals surface area contributed by atoms with E-state index in [-0.39, 0.29) is 11.4 Å². The van der Waals surface area contributed by atoms with Crippen LogP contribution in [-0.2, 0) is 13.5 Å². The quantitative estimate of drug-likeness (QED) is 0.764. The van der Waals surface area contributed by atoms with E-state index < -0.39 is 5.97 Å². The normalized spacial score (nSPS) is 10.9. The topological polar surface area (TPSA) is 65.7 Å². The average molecular weight is 212 g/mol. The maximum Gasteiger partial charge on any atom is 0.356 e. The summed E-state index contributed by atoms with van der Waals surface area (Å²) < 4.78 is 1.52. The van der Waals surface area contributed by atoms with E-state index in [2.05, 4.69) is 0 Å². The molecule has 0 radical (unpaired) electrons. The molecule has 0 aliphatic rings. The molecule has 2 N–H and O–H groups in total. The Morgan fingerprint density at radius 3 is 2.53 bits per heavy atom. The highest BCUT2D eigenvalue weighted by molar-refractivity contribution is 5.89. The van der Waals surface area contributed by atoms with E-state index in [1.54, 1.807) is 7.05 Å². The largest absolute Gasteiger partial charge is 0.505 e. The van der Waals surface area contributed by atoms with Gasteiger partial charge in [-0.3, -0.25) is 0 Å². The number of rotatable bonds is 4. The minimum absolute atomic E-state index is 0.0521. The molecular formula is C10H16N2O3. The lowest BCUT2D eigenvalue weighted by atomic mass is 10.3. The number of carboxylic acids is 1. The summed E-state index contributed by atoms with van der Waals surface area (Å²) in [6.07, 6.45) is 0.713. The Labute approximate surface area is 88.6 Å². The lowest BCUT2D eigenvalue weighted by Crippen LogP contribution is -2.17. The van der Waals surface area contributed by atoms with Gasteiger partial charge in [0.2, 0.25) is 0 Å². The second-order valence-corrected chi connectivity index (χ2v) is 3.79. The molecule has 1 aromatic heterocycles. The predicted octanol–water partition coefficient (Wildman–Crippen LogP) is 0.533. The van der Waals surface area contributed by atoms with Crippen molar-refractivity contribution in [3.05, 3.63) is 17.5 Å². The molecule has 5 heteroatoms. The molecule has 0 bridgehead atoms. The van der Waals surface area contributed by atoms with Crippen LogP contribution in [0.2, 0.25) is 0 Å². The van der Waals surface area contributed by atoms with Crippen molar-refractivity contribution in [2.75, 3.05) is 20.6 Å². The van der Waals surface area contributed by atoms with Gasteiger partial charge in [0.25, 0.3) is 0 Å². The van der Waals surface area contributed by atoms with Gasteiger partial charge >= 0.3 is 5.97 Å². The summed E-state index contributed by atoms with van der Waals surface area (Å²) in [4.78, 5) is 12.8. The summed E-state index contributed by atoms with van der Waals surface area (Å²) in [5.74, 6) is -1.27. The van der Waals surface area contributed by atoms with Crippen molar-refractivity contribution in [3.63, 3.8) is 0 Å². The first-order chi connectivity index (χ1) is 6.93. The average Bonchev–Trinajstić information content (AvgIpc) is 2.37. The number of likely N-dealkylation sites (N-methyl/N-ethyl adjacent to an activating group) is 1. The molecule has 0 unspecified atom stereocenters. The Morgan fingerprint density at radius 2 is 2.13 bits per heavy atom. The van der Waals surface area contributed by atoms with Gasteiger partial charge in [0.1, 0.15) is 5.75 Å². The summed E-state index contributed by atoms with van der Waals surface area (Å²) in [5.41, 5.74) is 0.766. The zero-order chi connectivity index (χ0) is 11.6. The molecule has 1 rings (SSSR count). The summed E-state index contributed by atoms with van der Waals surface area (Å²) in [6.45, 7) is 0.816. The first kappa shape index (κ1) is 11.6. The lowest BCUT2D eigenvalue weighted by molar-refractivity contribution is 0.0683. The molecule has 5 nitrogen and oxygen atoms in total. The zero-order valence-electron chi connectivity index (χ0n) is 9.19. The summed E-state index contributed by atoms with van der Waals surface area (Å²) in [6, 6.07) is 1.51. The van der Waals surface area contributed by atoms with Crippen LogP contribution < -0.4 is 0 Å². The Kier molecular flexibility index (Phi) is 3.36. The van der Waals surface area contributed by atoms with Crippen molar-refractivity contribution in [1.29, 1.82) is 0 Å². The maximum absolute atomic E-state index is 10.8. The molecular weight excluding hydrogens is 196 g/mol. The Bertz CT molecular complexity index is 369. The summed E-state index contributed by atoms with van der Waals surface area (Å²) in [5, 5.41) is 18.3. The van der Waals surface area contributed by atoms with Crippen LogP contribution in [0.1, 0.15) is 16.2 Å². The second kappa shape index (κ2) is 4.35. The fourth-order valence-electron chi connectivity index (χ4n) is 1.47. The van der Waals surface area contributed by atoms with Crippen LogP contribution in [-0.4, -0.2) is 46.3 Å². The minimum Gasteiger partial charge on any atom is -0.505 e. The van der Waals surface area contributed by atoms with Gasteiger partial charge in [-0.05, 0) is 14.1 Å². The van der Waals surface area contributed by atoms with Crippen LogP contribution in [0.15, 0.2) is 6.07 Å². The van der Waals surface area contributed by atoms with E-state index in [4.69, 9.17) is 5.11 Å². The third-order valence-electron chi connectivity index (χ3n) is 2.33. The second-order valence-electron chi connectivity index (χ2n) is 3.79. The lowest BCUT2D eigenvalue weighted by Gasteiger charge is -2.09. The molecule has 0 saturated carbocycles. The van der Waals surface area contributed by atoms with Gasteiger partial charge in [-0.1, -0.05) is 0 Å². The van der Waals surface area contributed by atoms with Gasteiger partial charge in [-0.15, -0.1) is 0 Å². The van der Waals surface area contributed by atoms with Crippen molar-refractivity contribution in [2.24, 2.45) is 7.05 Å². The molecule has 84 valence electrons. The van der Waals surface area contributed by atoms with Gasteiger partial charge in [-0.25, -0.2) is 4.79 Å². The van der Waals surface area contributed by atoms with E-state index in [1.165, 1.54) is 10.6 Å². The van der Waals surface area contributed by atoms with Crippen molar-refractivity contribution < 1.29 is 15.0 Å². The Morgan fingerprint density at radius 1 is 1.53 bits per heavy atom. The van der Waals surface area contributed by atoms with E-state index >= 15 is 0 Å². The zero-order valence-corrected chi connectivity index (χ0v) is 9.19. The molecule has 0 atom stereocenters. The number of carboxylic acid groups (broad SMARTS) is 1. The van der Waals surface area contributed by atoms with Gasteiger partial charge in [0.15, 0.2) is 5.69 Å². The first-order valence-electron chi connectivity index (χ1n) is 4.69. The number of aromatic nitrogens is 1. The number of aromatic hydroxyl groups is 1. The van der Waals surface area contributed by atoms with Gasteiger partial charge in [0, 0.05) is 31.8 Å². The molecule has 0 saturated heterocycles. The van der Waals surface area contributed by atoms with E-state index in [1.807, 2.05) is 19.0 Å². The molecule has 0 amide bonds. The van der Waals surface area contributed by atoms with Crippen molar-refractivity contribution >= 4 is 5.97 Å². The highest BCUT2D eigenvalue weighted by Gasteiger charge is 2.17. The molecule has 0 spiro atoms. The summed E-state index contributed by atoms with van der Waals surface area (Å²) in [7, 11) is 5.54. The highest BCUT2D eigenvalue weighted by Crippen LogP contribution is 2.21. The third kappa shape index (κ3) is 2.50. The first-order valence-corrected chi connectivity index (χ1v) is 4.69. The smallest absolute Gasteiger partial charge is 0.356 e. The van der Waals surface area contributed by atoms with Crippen LogP contribution in [0.25, 0.3) is 0 Å². The van der Waals surface area contributed by atoms with Crippen molar-refractivity contribution in [2.45, 2.75) is 6.42 Å². The van der Waals surface area contributed by atoms with Gasteiger partial charge in [0.05, 0.1) is 0 Å². The standard InChI is InChI=1S/C10H16N2O3/c1-11(2)5-4-7-6-8(13)9(10(14)15)12(7)3/h6,13H,4-5H2,1-3H3,(H,14,15). The number of carbonyl (C=O) groups is 1. The fourth-order valence-corrected chi connectivity index (χ4v) is 1.47. The number of nitrogens with zero attached hydrogens (tertiary/aromatic N) is 2. The third-order valence-corrected chi connectivity index (χ3v) is 2.33. The molecule has 1 aromatic rings. The maximum atomic E-state index is 10.8. The number of aromatic carboxylic acids is 1. The molecule has 0 aliphatic carbocycles. The van der Waals surface area contributed by atoms with E-state index in [0.717, 1.165) is 12.2 Å². The molecule has 1 heterocycles. The summed E-state index contributed by atoms with van der Waals surface area (Å²) >= 11 is 0. The van der Waals surface area contributed by atoms with Crippen LogP contribution >= 0.6 is 0 Å². The molecule has 15 heavy (non-hydrogen) atoms.